The quantitative estimate of drug-likeness (QED) is 0.354. The number of nitrogens with one attached hydrogen (secondary N) is 1. The third-order valence-corrected chi connectivity index (χ3v) is 7.62. The lowest BCUT2D eigenvalue weighted by molar-refractivity contribution is -0.140. The third kappa shape index (κ3) is 7.96. The Hall–Kier alpha value is -3.07. The molecule has 1 N–H and O–H groups in total. The standard InChI is InChI=1S/C28H31Cl2N3O4S/c1-4-31-28(35)26(16-21-8-6-5-7-9-21)32(18-22-11-14-23(29)15-12-22)27(34)19-33(38(3,36)37)25-17-24(30)13-10-20(25)2/h5-15,17,26H,4,16,18-19H2,1-3H3,(H,31,35)/t26-/m1/s1. The number of halogens is 2. The molecule has 0 saturated carbocycles. The maximum atomic E-state index is 14.0. The Labute approximate surface area is 234 Å². The summed E-state index contributed by atoms with van der Waals surface area (Å²) in [7, 11) is -3.87. The smallest absolute Gasteiger partial charge is 0.244 e. The molecule has 0 saturated heterocycles. The molecule has 0 heterocycles. The molecule has 3 rings (SSSR count). The van der Waals surface area contributed by atoms with E-state index in [1.54, 1.807) is 50.2 Å². The summed E-state index contributed by atoms with van der Waals surface area (Å²) in [5.41, 5.74) is 2.55. The number of nitrogens with zero attached hydrogens (tertiary/aromatic N) is 2. The first kappa shape index (κ1) is 29.5. The normalized spacial score (nSPS) is 12.0. The van der Waals surface area contributed by atoms with Crippen LogP contribution < -0.4 is 9.62 Å². The van der Waals surface area contributed by atoms with Crippen molar-refractivity contribution >= 4 is 50.7 Å². The topological polar surface area (TPSA) is 86.8 Å². The molecular weight excluding hydrogens is 545 g/mol. The monoisotopic (exact) mass is 575 g/mol. The Morgan fingerprint density at radius 3 is 2.16 bits per heavy atom. The van der Waals surface area contributed by atoms with Crippen LogP contribution in [-0.2, 0) is 32.6 Å². The second kappa shape index (κ2) is 13.1. The summed E-state index contributed by atoms with van der Waals surface area (Å²) >= 11 is 12.2. The first-order valence-electron chi connectivity index (χ1n) is 12.1. The molecule has 38 heavy (non-hydrogen) atoms. The number of carbonyl (C=O) groups excluding carboxylic acids is 2. The van der Waals surface area contributed by atoms with E-state index in [4.69, 9.17) is 23.2 Å². The van der Waals surface area contributed by atoms with Gasteiger partial charge in [-0.1, -0.05) is 71.7 Å². The predicted octanol–water partition coefficient (Wildman–Crippen LogP) is 4.84. The molecule has 0 aromatic heterocycles. The van der Waals surface area contributed by atoms with Gasteiger partial charge in [-0.3, -0.25) is 13.9 Å². The lowest BCUT2D eigenvalue weighted by Crippen LogP contribution is -2.53. The van der Waals surface area contributed by atoms with Crippen molar-refractivity contribution in [2.24, 2.45) is 0 Å². The van der Waals surface area contributed by atoms with Crippen LogP contribution in [0.5, 0.6) is 0 Å². The van der Waals surface area contributed by atoms with E-state index in [0.29, 0.717) is 27.8 Å². The Morgan fingerprint density at radius 1 is 0.921 bits per heavy atom. The summed E-state index contributed by atoms with van der Waals surface area (Å²) in [6, 6.07) is 20.3. The maximum absolute atomic E-state index is 14.0. The molecule has 0 aliphatic rings. The summed E-state index contributed by atoms with van der Waals surface area (Å²) in [6.07, 6.45) is 1.29. The highest BCUT2D eigenvalue weighted by Crippen LogP contribution is 2.27. The Kier molecular flexibility index (Phi) is 10.2. The van der Waals surface area contributed by atoms with Gasteiger partial charge in [-0.05, 0) is 54.8 Å². The second-order valence-corrected chi connectivity index (χ2v) is 11.7. The van der Waals surface area contributed by atoms with Crippen molar-refractivity contribution < 1.29 is 18.0 Å². The van der Waals surface area contributed by atoms with Gasteiger partial charge < -0.3 is 10.2 Å². The minimum atomic E-state index is -3.87. The Morgan fingerprint density at radius 2 is 1.55 bits per heavy atom. The third-order valence-electron chi connectivity index (χ3n) is 6.01. The van der Waals surface area contributed by atoms with Crippen molar-refractivity contribution in [3.8, 4) is 0 Å². The van der Waals surface area contributed by atoms with E-state index in [-0.39, 0.29) is 18.9 Å². The van der Waals surface area contributed by atoms with Crippen LogP contribution in [0, 0.1) is 6.92 Å². The van der Waals surface area contributed by atoms with Gasteiger partial charge in [0.05, 0.1) is 11.9 Å². The van der Waals surface area contributed by atoms with E-state index in [9.17, 15) is 18.0 Å². The molecule has 3 aromatic rings. The molecule has 0 radical (unpaired) electrons. The molecule has 0 spiro atoms. The number of rotatable bonds is 11. The number of anilines is 1. The summed E-state index contributed by atoms with van der Waals surface area (Å²) in [5, 5.41) is 3.70. The molecule has 7 nitrogen and oxygen atoms in total. The number of hydrogen-bond acceptors (Lipinski definition) is 4. The van der Waals surface area contributed by atoms with Gasteiger partial charge in [0, 0.05) is 29.6 Å². The van der Waals surface area contributed by atoms with E-state index in [1.165, 1.54) is 11.0 Å². The zero-order valence-corrected chi connectivity index (χ0v) is 23.9. The minimum Gasteiger partial charge on any atom is -0.355 e. The first-order chi connectivity index (χ1) is 18.0. The van der Waals surface area contributed by atoms with Crippen molar-refractivity contribution in [3.63, 3.8) is 0 Å². The molecule has 1 atom stereocenters. The van der Waals surface area contributed by atoms with Crippen molar-refractivity contribution in [1.82, 2.24) is 10.2 Å². The number of hydrogen-bond donors (Lipinski definition) is 1. The van der Waals surface area contributed by atoms with Crippen LogP contribution in [0.15, 0.2) is 72.8 Å². The molecule has 202 valence electrons. The summed E-state index contributed by atoms with van der Waals surface area (Å²) in [4.78, 5) is 28.7. The Bertz CT molecular complexity index is 1370. The van der Waals surface area contributed by atoms with Crippen molar-refractivity contribution in [3.05, 3.63) is 99.5 Å². The Balaban J connectivity index is 2.06. The second-order valence-electron chi connectivity index (χ2n) is 8.95. The van der Waals surface area contributed by atoms with Crippen LogP contribution in [-0.4, -0.2) is 50.5 Å². The van der Waals surface area contributed by atoms with Crippen molar-refractivity contribution in [2.45, 2.75) is 32.9 Å². The van der Waals surface area contributed by atoms with Gasteiger partial charge >= 0.3 is 0 Å². The zero-order valence-electron chi connectivity index (χ0n) is 21.5. The SMILES string of the molecule is CCNC(=O)[C@@H](Cc1ccccc1)N(Cc1ccc(Cl)cc1)C(=O)CN(c1cc(Cl)ccc1C)S(C)(=O)=O. The molecule has 0 unspecified atom stereocenters. The molecule has 2 amide bonds. The fraction of sp³-hybridized carbons (Fsp3) is 0.286. The summed E-state index contributed by atoms with van der Waals surface area (Å²) in [6.45, 7) is 3.50. The van der Waals surface area contributed by atoms with E-state index in [0.717, 1.165) is 21.7 Å². The fourth-order valence-corrected chi connectivity index (χ4v) is 5.27. The highest BCUT2D eigenvalue weighted by Gasteiger charge is 2.33. The van der Waals surface area contributed by atoms with Gasteiger partial charge in [-0.25, -0.2) is 8.42 Å². The van der Waals surface area contributed by atoms with Crippen LogP contribution in [0.4, 0.5) is 5.69 Å². The highest BCUT2D eigenvalue weighted by atomic mass is 35.5. The van der Waals surface area contributed by atoms with Crippen LogP contribution in [0.1, 0.15) is 23.6 Å². The van der Waals surface area contributed by atoms with E-state index in [2.05, 4.69) is 5.32 Å². The van der Waals surface area contributed by atoms with Crippen LogP contribution in [0.3, 0.4) is 0 Å². The molecule has 0 bridgehead atoms. The summed E-state index contributed by atoms with van der Waals surface area (Å²) in [5.74, 6) is -0.861. The van der Waals surface area contributed by atoms with Crippen LogP contribution in [0.25, 0.3) is 0 Å². The number of carbonyl (C=O) groups is 2. The predicted molar refractivity (Wildman–Crippen MR) is 153 cm³/mol. The number of amides is 2. The molecular formula is C28H31Cl2N3O4S. The molecule has 0 aliphatic heterocycles. The largest absolute Gasteiger partial charge is 0.355 e. The van der Waals surface area contributed by atoms with Crippen molar-refractivity contribution in [2.75, 3.05) is 23.7 Å². The molecule has 3 aromatic carbocycles. The van der Waals surface area contributed by atoms with Gasteiger partial charge in [0.2, 0.25) is 21.8 Å². The number of likely N-dealkylation sites (N-methyl/N-ethyl adjacent to an activating group) is 1. The number of benzene rings is 3. The van der Waals surface area contributed by atoms with Crippen LogP contribution in [0.2, 0.25) is 10.0 Å². The fourth-order valence-electron chi connectivity index (χ4n) is 4.08. The number of sulfonamides is 1. The van der Waals surface area contributed by atoms with E-state index < -0.39 is 28.5 Å². The van der Waals surface area contributed by atoms with Gasteiger partial charge in [-0.2, -0.15) is 0 Å². The van der Waals surface area contributed by atoms with Gasteiger partial charge in [0.15, 0.2) is 0 Å². The molecule has 10 heteroatoms. The zero-order chi connectivity index (χ0) is 27.9. The summed E-state index contributed by atoms with van der Waals surface area (Å²) < 4.78 is 26.8. The van der Waals surface area contributed by atoms with Crippen molar-refractivity contribution in [1.29, 1.82) is 0 Å². The minimum absolute atomic E-state index is 0.0801. The van der Waals surface area contributed by atoms with E-state index in [1.807, 2.05) is 30.3 Å². The first-order valence-corrected chi connectivity index (χ1v) is 14.7. The lowest BCUT2D eigenvalue weighted by atomic mass is 10.0. The lowest BCUT2D eigenvalue weighted by Gasteiger charge is -2.33. The molecule has 0 fully saturated rings. The average molecular weight is 577 g/mol. The van der Waals surface area contributed by atoms with E-state index >= 15 is 0 Å². The van der Waals surface area contributed by atoms with Gasteiger partial charge in [0.25, 0.3) is 0 Å². The van der Waals surface area contributed by atoms with Gasteiger partial charge in [0.1, 0.15) is 12.6 Å². The van der Waals surface area contributed by atoms with Crippen LogP contribution >= 0.6 is 23.2 Å². The average Bonchev–Trinajstić information content (AvgIpc) is 2.87. The highest BCUT2D eigenvalue weighted by molar-refractivity contribution is 7.92. The molecule has 0 aliphatic carbocycles. The van der Waals surface area contributed by atoms with Gasteiger partial charge in [-0.15, -0.1) is 0 Å². The maximum Gasteiger partial charge on any atom is 0.244 e. The number of aryl methyl sites for hydroxylation is 1.